The molecule has 0 radical (unpaired) electrons. The van der Waals surface area contributed by atoms with Gasteiger partial charge in [-0.05, 0) is 12.2 Å². The van der Waals surface area contributed by atoms with Crippen molar-refractivity contribution in [1.29, 1.82) is 0 Å². The lowest BCUT2D eigenvalue weighted by Gasteiger charge is -2.38. The van der Waals surface area contributed by atoms with Crippen molar-refractivity contribution in [1.82, 2.24) is 20.1 Å². The summed E-state index contributed by atoms with van der Waals surface area (Å²) in [6.07, 6.45) is 3.73. The molecular formula is C15H21Cl2N4O5P. The molecule has 9 nitrogen and oxygen atoms in total. The van der Waals surface area contributed by atoms with Gasteiger partial charge < -0.3 is 4.52 Å². The molecule has 0 bridgehead atoms. The fourth-order valence-electron chi connectivity index (χ4n) is 2.37. The van der Waals surface area contributed by atoms with E-state index in [1.807, 2.05) is 4.67 Å². The first-order valence-electron chi connectivity index (χ1n) is 8.26. The predicted octanol–water partition coefficient (Wildman–Crippen LogP) is 1.71. The van der Waals surface area contributed by atoms with Gasteiger partial charge in [0.25, 0.3) is 5.91 Å². The molecule has 0 spiro atoms. The van der Waals surface area contributed by atoms with Crippen LogP contribution in [0.4, 0.5) is 4.79 Å². The normalized spacial score (nSPS) is 22.5. The molecule has 0 aromatic rings. The van der Waals surface area contributed by atoms with Crippen LogP contribution < -0.4 is 10.4 Å². The Hall–Kier alpha value is -1.06. The Morgan fingerprint density at radius 3 is 2.63 bits per heavy atom. The van der Waals surface area contributed by atoms with Gasteiger partial charge in [0.05, 0.1) is 6.61 Å². The number of allylic oxidation sites excluding steroid dienone is 2. The van der Waals surface area contributed by atoms with Gasteiger partial charge in [-0.2, -0.15) is 5.06 Å². The van der Waals surface area contributed by atoms with Gasteiger partial charge in [0.15, 0.2) is 14.2 Å². The van der Waals surface area contributed by atoms with E-state index in [9.17, 15) is 19.6 Å². The first kappa shape index (κ1) is 22.2. The molecule has 150 valence electrons. The molecule has 3 amide bonds. The molecule has 27 heavy (non-hydrogen) atoms. The molecule has 1 fully saturated rings. The highest BCUT2D eigenvalue weighted by molar-refractivity contribution is 7.47. The van der Waals surface area contributed by atoms with Crippen LogP contribution >= 0.6 is 31.7 Å². The van der Waals surface area contributed by atoms with Crippen molar-refractivity contribution in [2.75, 3.05) is 31.5 Å². The molecule has 0 aromatic heterocycles. The van der Waals surface area contributed by atoms with Crippen molar-refractivity contribution >= 4 is 49.4 Å². The minimum atomic E-state index is -1.29. The monoisotopic (exact) mass is 438 g/mol. The second kappa shape index (κ2) is 11.1. The molecule has 2 aliphatic rings. The summed E-state index contributed by atoms with van der Waals surface area (Å²) in [7, 11) is -1.29. The fraction of sp³-hybridized carbons (Fsp3) is 0.533. The number of carbonyl (C=O) groups is 3. The predicted molar refractivity (Wildman–Crippen MR) is 101 cm³/mol. The van der Waals surface area contributed by atoms with Crippen molar-refractivity contribution in [2.45, 2.75) is 19.0 Å². The summed E-state index contributed by atoms with van der Waals surface area (Å²) in [5.74, 6) is -0.0501. The third-order valence-corrected chi connectivity index (χ3v) is 5.96. The number of ketones is 1. The molecule has 1 heterocycles. The van der Waals surface area contributed by atoms with Crippen LogP contribution in [0.2, 0.25) is 0 Å². The van der Waals surface area contributed by atoms with Crippen LogP contribution in [0.15, 0.2) is 23.8 Å². The van der Waals surface area contributed by atoms with E-state index in [1.165, 1.54) is 18.2 Å². The van der Waals surface area contributed by atoms with Gasteiger partial charge in [-0.1, -0.05) is 6.08 Å². The summed E-state index contributed by atoms with van der Waals surface area (Å²) < 4.78 is 7.58. The Balaban J connectivity index is 1.92. The van der Waals surface area contributed by atoms with Crippen LogP contribution in [0.1, 0.15) is 12.8 Å². The number of rotatable bonds is 7. The van der Waals surface area contributed by atoms with Crippen LogP contribution in [0.5, 0.6) is 0 Å². The maximum absolute atomic E-state index is 12.2. The van der Waals surface area contributed by atoms with Gasteiger partial charge >= 0.3 is 6.03 Å². The van der Waals surface area contributed by atoms with E-state index in [-0.39, 0.29) is 17.8 Å². The van der Waals surface area contributed by atoms with Crippen molar-refractivity contribution in [3.63, 3.8) is 0 Å². The Morgan fingerprint density at radius 1 is 1.33 bits per heavy atom. The zero-order chi connectivity index (χ0) is 19.8. The molecule has 2 unspecified atom stereocenters. The van der Waals surface area contributed by atoms with Gasteiger partial charge in [-0.3, -0.25) is 20.1 Å². The first-order valence-corrected chi connectivity index (χ1v) is 10.5. The Kier molecular flexibility index (Phi) is 9.11. The smallest absolute Gasteiger partial charge is 0.331 e. The number of carbonyl (C=O) groups excluding carboxylic acids is 3. The van der Waals surface area contributed by atoms with Gasteiger partial charge in [0.1, 0.15) is 6.17 Å². The first-order chi connectivity index (χ1) is 13.0. The largest absolute Gasteiger partial charge is 0.349 e. The van der Waals surface area contributed by atoms with Crippen LogP contribution in [-0.2, 0) is 14.1 Å². The average Bonchev–Trinajstić information content (AvgIpc) is 2.67. The Bertz CT molecular complexity index is 627. The third-order valence-electron chi connectivity index (χ3n) is 3.76. The second-order valence-electron chi connectivity index (χ2n) is 5.64. The summed E-state index contributed by atoms with van der Waals surface area (Å²) in [6, 6.07) is -0.971. The molecule has 0 saturated carbocycles. The van der Waals surface area contributed by atoms with Crippen molar-refractivity contribution in [3.8, 4) is 0 Å². The average molecular weight is 439 g/mol. The zero-order valence-electron chi connectivity index (χ0n) is 14.4. The van der Waals surface area contributed by atoms with Crippen molar-refractivity contribution in [2.24, 2.45) is 0 Å². The summed E-state index contributed by atoms with van der Waals surface area (Å²) in [4.78, 5) is 35.4. The van der Waals surface area contributed by atoms with Gasteiger partial charge in [-0.25, -0.2) is 14.6 Å². The van der Waals surface area contributed by atoms with Gasteiger partial charge in [0.2, 0.25) is 0 Å². The highest BCUT2D eigenvalue weighted by Gasteiger charge is 2.33. The Morgan fingerprint density at radius 2 is 2.04 bits per heavy atom. The summed E-state index contributed by atoms with van der Waals surface area (Å²) in [5.41, 5.74) is 0.189. The van der Waals surface area contributed by atoms with E-state index in [0.29, 0.717) is 42.9 Å². The lowest BCUT2D eigenvalue weighted by molar-refractivity contribution is -0.119. The number of nitrogens with zero attached hydrogens (tertiary/aromatic N) is 2. The van der Waals surface area contributed by atoms with E-state index in [1.54, 1.807) is 0 Å². The maximum Gasteiger partial charge on any atom is 0.349 e. The van der Waals surface area contributed by atoms with Crippen LogP contribution in [-0.4, -0.2) is 70.3 Å². The van der Waals surface area contributed by atoms with Crippen molar-refractivity contribution in [3.05, 3.63) is 23.8 Å². The number of halogens is 2. The number of urea groups is 1. The minimum absolute atomic E-state index is 0.0963. The Labute approximate surface area is 168 Å². The van der Waals surface area contributed by atoms with E-state index in [0.717, 1.165) is 0 Å². The SMILES string of the molecule is O=C1C=CC(C(=O)NC(=O)N(O)C2CCOP(N(CCCl)CCCl)N2)=CC1. The minimum Gasteiger partial charge on any atom is -0.331 e. The van der Waals surface area contributed by atoms with Gasteiger partial charge in [-0.15, -0.1) is 23.2 Å². The quantitative estimate of drug-likeness (QED) is 0.240. The van der Waals surface area contributed by atoms with Crippen molar-refractivity contribution < 1.29 is 24.1 Å². The molecule has 3 N–H and O–H groups in total. The molecule has 2 atom stereocenters. The topological polar surface area (TPSA) is 111 Å². The third kappa shape index (κ3) is 6.50. The summed E-state index contributed by atoms with van der Waals surface area (Å²) in [5, 5.41) is 15.8. The molecule has 1 aliphatic heterocycles. The highest BCUT2D eigenvalue weighted by atomic mass is 35.5. The molecular weight excluding hydrogens is 418 g/mol. The summed E-state index contributed by atoms with van der Waals surface area (Å²) >= 11 is 11.6. The summed E-state index contributed by atoms with van der Waals surface area (Å²) in [6.45, 7) is 1.39. The molecule has 2 rings (SSSR count). The van der Waals surface area contributed by atoms with E-state index < -0.39 is 26.6 Å². The van der Waals surface area contributed by atoms with E-state index >= 15 is 0 Å². The van der Waals surface area contributed by atoms with Crippen LogP contribution in [0.3, 0.4) is 0 Å². The van der Waals surface area contributed by atoms with Gasteiger partial charge in [0, 0.05) is 43.3 Å². The number of hydrogen-bond donors (Lipinski definition) is 3. The zero-order valence-corrected chi connectivity index (χ0v) is 16.8. The molecule has 1 aliphatic carbocycles. The highest BCUT2D eigenvalue weighted by Crippen LogP contribution is 2.41. The lowest BCUT2D eigenvalue weighted by Crippen LogP contribution is -2.53. The number of hydroxylamine groups is 2. The molecule has 12 heteroatoms. The number of alkyl halides is 2. The molecule has 1 saturated heterocycles. The van der Waals surface area contributed by atoms with E-state index in [4.69, 9.17) is 27.7 Å². The number of nitrogens with one attached hydrogen (secondary N) is 2. The number of hydrogen-bond acceptors (Lipinski definition) is 7. The van der Waals surface area contributed by atoms with Crippen LogP contribution in [0.25, 0.3) is 0 Å². The lowest BCUT2D eigenvalue weighted by atomic mass is 10.1. The maximum atomic E-state index is 12.2. The molecule has 0 aromatic carbocycles. The standard InChI is InChI=1S/C15H21Cl2N4O5P/c16-6-8-20(9-7-17)27-19-13(5-10-26-27)21(25)15(24)18-14(23)11-1-3-12(22)4-2-11/h1-3,13,19,25H,4-10H2,(H,18,23,24). The number of amides is 3. The second-order valence-corrected chi connectivity index (χ2v) is 8.02. The number of imide groups is 1. The van der Waals surface area contributed by atoms with E-state index in [2.05, 4.69) is 10.4 Å². The van der Waals surface area contributed by atoms with Crippen LogP contribution in [0, 0.1) is 0 Å². The fourth-order valence-corrected chi connectivity index (χ4v) is 4.75.